The first-order valence-corrected chi connectivity index (χ1v) is 8.57. The van der Waals surface area contributed by atoms with Crippen LogP contribution in [-0.4, -0.2) is 28.5 Å². The Morgan fingerprint density at radius 3 is 2.73 bits per heavy atom. The lowest BCUT2D eigenvalue weighted by atomic mass is 10.1. The zero-order valence-corrected chi connectivity index (χ0v) is 14.8. The van der Waals surface area contributed by atoms with Crippen LogP contribution in [0.4, 0.5) is 5.69 Å². The number of benzene rings is 2. The number of aromatic nitrogens is 1. The highest BCUT2D eigenvalue weighted by Gasteiger charge is 2.35. The molecule has 0 bridgehead atoms. The molecule has 2 aromatic carbocycles. The summed E-state index contributed by atoms with van der Waals surface area (Å²) in [5.74, 6) is -1.55. The fraction of sp³-hybridized carbons (Fsp3) is 0.167. The SMILES string of the molecule is O=C(O)[C@H]1CC(=O)N(c2ccc3nc(-c4ccc(Cl)cc4Cl)oc3c2)C1. The Bertz CT molecular complexity index is 1050. The quantitative estimate of drug-likeness (QED) is 0.722. The Morgan fingerprint density at radius 1 is 1.23 bits per heavy atom. The van der Waals surface area contributed by atoms with Crippen molar-refractivity contribution in [1.29, 1.82) is 0 Å². The first-order chi connectivity index (χ1) is 12.4. The molecule has 6 nitrogen and oxygen atoms in total. The molecular weight excluding hydrogens is 379 g/mol. The molecule has 0 spiro atoms. The maximum Gasteiger partial charge on any atom is 0.308 e. The maximum absolute atomic E-state index is 12.1. The number of anilines is 1. The fourth-order valence-electron chi connectivity index (χ4n) is 2.98. The van der Waals surface area contributed by atoms with Crippen molar-refractivity contribution in [1.82, 2.24) is 4.98 Å². The van der Waals surface area contributed by atoms with E-state index >= 15 is 0 Å². The number of amides is 1. The molecule has 1 aliphatic heterocycles. The van der Waals surface area contributed by atoms with E-state index in [1.54, 1.807) is 36.4 Å². The average molecular weight is 391 g/mol. The van der Waals surface area contributed by atoms with Crippen molar-refractivity contribution in [2.45, 2.75) is 6.42 Å². The van der Waals surface area contributed by atoms with Crippen LogP contribution in [0.1, 0.15) is 6.42 Å². The number of hydrogen-bond donors (Lipinski definition) is 1. The first kappa shape index (κ1) is 16.9. The Hall–Kier alpha value is -2.57. The molecule has 0 unspecified atom stereocenters. The molecule has 1 N–H and O–H groups in total. The molecule has 0 radical (unpaired) electrons. The molecule has 0 aliphatic carbocycles. The van der Waals surface area contributed by atoms with E-state index in [1.807, 2.05) is 0 Å². The molecule has 4 rings (SSSR count). The highest BCUT2D eigenvalue weighted by molar-refractivity contribution is 6.36. The lowest BCUT2D eigenvalue weighted by molar-refractivity contribution is -0.141. The third-order valence-corrected chi connectivity index (χ3v) is 4.87. The minimum Gasteiger partial charge on any atom is -0.481 e. The monoisotopic (exact) mass is 390 g/mol. The highest BCUT2D eigenvalue weighted by Crippen LogP contribution is 2.34. The van der Waals surface area contributed by atoms with Gasteiger partial charge in [0.25, 0.3) is 0 Å². The average Bonchev–Trinajstić information content (AvgIpc) is 3.17. The number of carboxylic acid groups (broad SMARTS) is 1. The molecule has 26 heavy (non-hydrogen) atoms. The van der Waals surface area contributed by atoms with E-state index in [-0.39, 0.29) is 18.9 Å². The van der Waals surface area contributed by atoms with Crippen molar-refractivity contribution in [3.63, 3.8) is 0 Å². The van der Waals surface area contributed by atoms with Gasteiger partial charge >= 0.3 is 5.97 Å². The highest BCUT2D eigenvalue weighted by atomic mass is 35.5. The minimum atomic E-state index is -0.971. The molecule has 0 saturated carbocycles. The Labute approximate surface area is 157 Å². The summed E-state index contributed by atoms with van der Waals surface area (Å²) in [6, 6.07) is 10.1. The van der Waals surface area contributed by atoms with Crippen LogP contribution in [-0.2, 0) is 9.59 Å². The van der Waals surface area contributed by atoms with Gasteiger partial charge in [-0.3, -0.25) is 9.59 Å². The van der Waals surface area contributed by atoms with Gasteiger partial charge in [-0.25, -0.2) is 4.98 Å². The van der Waals surface area contributed by atoms with Gasteiger partial charge < -0.3 is 14.4 Å². The summed E-state index contributed by atoms with van der Waals surface area (Å²) in [6.45, 7) is 0.143. The molecule has 1 aromatic heterocycles. The van der Waals surface area contributed by atoms with Crippen molar-refractivity contribution < 1.29 is 19.1 Å². The smallest absolute Gasteiger partial charge is 0.308 e. The van der Waals surface area contributed by atoms with Crippen LogP contribution < -0.4 is 4.90 Å². The van der Waals surface area contributed by atoms with Crippen LogP contribution in [0.15, 0.2) is 40.8 Å². The second-order valence-corrected chi connectivity index (χ2v) is 6.88. The van der Waals surface area contributed by atoms with Gasteiger partial charge in [-0.05, 0) is 30.3 Å². The molecule has 1 saturated heterocycles. The second kappa shape index (κ2) is 6.30. The van der Waals surface area contributed by atoms with Gasteiger partial charge in [0.2, 0.25) is 11.8 Å². The maximum atomic E-state index is 12.1. The summed E-state index contributed by atoms with van der Waals surface area (Å²) < 4.78 is 5.79. The molecule has 1 aliphatic rings. The number of oxazole rings is 1. The molecular formula is C18H12Cl2N2O4. The number of nitrogens with zero attached hydrogens (tertiary/aromatic N) is 2. The predicted octanol–water partition coefficient (Wildman–Crippen LogP) is 4.24. The number of carbonyl (C=O) groups excluding carboxylic acids is 1. The standard InChI is InChI=1S/C18H12Cl2N2O4/c19-10-1-3-12(13(20)6-10)17-21-14-4-2-11(7-15(14)26-17)22-8-9(18(24)25)5-16(22)23/h1-4,6-7,9H,5,8H2,(H,24,25)/t9-/m0/s1. The number of carboxylic acids is 1. The Morgan fingerprint density at radius 2 is 2.04 bits per heavy atom. The first-order valence-electron chi connectivity index (χ1n) is 7.81. The van der Waals surface area contributed by atoms with Crippen molar-refractivity contribution >= 4 is 51.9 Å². The van der Waals surface area contributed by atoms with E-state index in [0.29, 0.717) is 38.3 Å². The van der Waals surface area contributed by atoms with Crippen molar-refractivity contribution in [2.75, 3.05) is 11.4 Å². The lowest BCUT2D eigenvalue weighted by Crippen LogP contribution is -2.25. The van der Waals surface area contributed by atoms with Crippen LogP contribution >= 0.6 is 23.2 Å². The zero-order valence-electron chi connectivity index (χ0n) is 13.3. The van der Waals surface area contributed by atoms with Crippen molar-refractivity contribution in [3.8, 4) is 11.5 Å². The van der Waals surface area contributed by atoms with Crippen molar-refractivity contribution in [3.05, 3.63) is 46.4 Å². The van der Waals surface area contributed by atoms with Gasteiger partial charge in [0, 0.05) is 29.7 Å². The number of fused-ring (bicyclic) bond motifs is 1. The number of halogens is 2. The van der Waals surface area contributed by atoms with Gasteiger partial charge in [-0.2, -0.15) is 0 Å². The Balaban J connectivity index is 1.70. The van der Waals surface area contributed by atoms with E-state index in [9.17, 15) is 9.59 Å². The summed E-state index contributed by atoms with van der Waals surface area (Å²) in [5, 5.41) is 10.0. The van der Waals surface area contributed by atoms with E-state index in [0.717, 1.165) is 0 Å². The number of aliphatic carboxylic acids is 1. The van der Waals surface area contributed by atoms with E-state index in [4.69, 9.17) is 32.7 Å². The zero-order chi connectivity index (χ0) is 18.4. The predicted molar refractivity (Wildman–Crippen MR) is 97.6 cm³/mol. The third-order valence-electron chi connectivity index (χ3n) is 4.32. The van der Waals surface area contributed by atoms with Gasteiger partial charge in [0.1, 0.15) is 5.52 Å². The van der Waals surface area contributed by atoms with Gasteiger partial charge in [-0.15, -0.1) is 0 Å². The van der Waals surface area contributed by atoms with E-state index in [2.05, 4.69) is 4.98 Å². The second-order valence-electron chi connectivity index (χ2n) is 6.04. The largest absolute Gasteiger partial charge is 0.481 e. The number of carbonyl (C=O) groups is 2. The van der Waals surface area contributed by atoms with Crippen LogP contribution in [0.5, 0.6) is 0 Å². The molecule has 1 fully saturated rings. The van der Waals surface area contributed by atoms with Crippen molar-refractivity contribution in [2.24, 2.45) is 5.92 Å². The lowest BCUT2D eigenvalue weighted by Gasteiger charge is -2.15. The molecule has 1 amide bonds. The Kier molecular flexibility index (Phi) is 4.09. The summed E-state index contributed by atoms with van der Waals surface area (Å²) >= 11 is 12.1. The van der Waals surface area contributed by atoms with Gasteiger partial charge in [0.15, 0.2) is 5.58 Å². The van der Waals surface area contributed by atoms with E-state index < -0.39 is 11.9 Å². The van der Waals surface area contributed by atoms with Gasteiger partial charge in [-0.1, -0.05) is 23.2 Å². The van der Waals surface area contributed by atoms with Crippen LogP contribution in [0.25, 0.3) is 22.6 Å². The molecule has 132 valence electrons. The molecule has 3 aromatic rings. The van der Waals surface area contributed by atoms with Crippen LogP contribution in [0, 0.1) is 5.92 Å². The molecule has 8 heteroatoms. The summed E-state index contributed by atoms with van der Waals surface area (Å²) in [4.78, 5) is 29.1. The molecule has 2 heterocycles. The number of rotatable bonds is 3. The van der Waals surface area contributed by atoms with E-state index in [1.165, 1.54) is 4.90 Å². The van der Waals surface area contributed by atoms with Crippen LogP contribution in [0.2, 0.25) is 10.0 Å². The molecule has 1 atom stereocenters. The fourth-order valence-corrected chi connectivity index (χ4v) is 3.47. The summed E-state index contributed by atoms with van der Waals surface area (Å²) in [5.41, 5.74) is 2.28. The normalized spacial score (nSPS) is 17.2. The third kappa shape index (κ3) is 2.91. The van der Waals surface area contributed by atoms with Crippen LogP contribution in [0.3, 0.4) is 0 Å². The number of hydrogen-bond acceptors (Lipinski definition) is 4. The summed E-state index contributed by atoms with van der Waals surface area (Å²) in [6.07, 6.45) is -0.00456. The van der Waals surface area contributed by atoms with Gasteiger partial charge in [0.05, 0.1) is 16.5 Å². The minimum absolute atomic E-state index is 0.00456. The summed E-state index contributed by atoms with van der Waals surface area (Å²) in [7, 11) is 0. The topological polar surface area (TPSA) is 83.6 Å².